The second kappa shape index (κ2) is 8.42. The van der Waals surface area contributed by atoms with Gasteiger partial charge in [-0.2, -0.15) is 0 Å². The summed E-state index contributed by atoms with van der Waals surface area (Å²) in [7, 11) is -7.02. The second-order valence-electron chi connectivity index (χ2n) is 6.51. The van der Waals surface area contributed by atoms with Gasteiger partial charge in [0.15, 0.2) is 0 Å². The molecule has 138 valence electrons. The van der Waals surface area contributed by atoms with Crippen molar-refractivity contribution >= 4 is 20.0 Å². The van der Waals surface area contributed by atoms with Crippen molar-refractivity contribution in [2.45, 2.75) is 39.0 Å². The Labute approximate surface area is 146 Å². The Hall–Kier alpha value is -0.960. The first kappa shape index (κ1) is 21.1. The summed E-state index contributed by atoms with van der Waals surface area (Å²) < 4.78 is 52.3. The molecule has 0 unspecified atom stereocenters. The largest absolute Gasteiger partial charge is 0.240 e. The first-order valence-corrected chi connectivity index (χ1v) is 11.3. The Morgan fingerprint density at radius 2 is 1.71 bits per heavy atom. The molecule has 0 amide bonds. The standard InChI is InChI=1S/C16H28N2O4S2/c1-13(2)8-10-18(23(5,19)20)11-9-17-24(21,22)16-12-14(3)6-7-15(16)4/h6-7,12-13,17H,8-11H2,1-5H3. The van der Waals surface area contributed by atoms with Gasteiger partial charge in [0.05, 0.1) is 11.2 Å². The molecule has 1 rings (SSSR count). The van der Waals surface area contributed by atoms with E-state index in [0.29, 0.717) is 18.0 Å². The van der Waals surface area contributed by atoms with Gasteiger partial charge in [-0.15, -0.1) is 0 Å². The molecular weight excluding hydrogens is 348 g/mol. The molecule has 0 aliphatic carbocycles. The summed E-state index contributed by atoms with van der Waals surface area (Å²) in [5.74, 6) is 0.376. The molecule has 0 fully saturated rings. The van der Waals surface area contributed by atoms with Crippen molar-refractivity contribution in [2.24, 2.45) is 5.92 Å². The average Bonchev–Trinajstić information content (AvgIpc) is 2.43. The average molecular weight is 377 g/mol. The van der Waals surface area contributed by atoms with Crippen LogP contribution in [0.1, 0.15) is 31.4 Å². The minimum atomic E-state index is -3.66. The molecular formula is C16H28N2O4S2. The van der Waals surface area contributed by atoms with Gasteiger partial charge in [-0.05, 0) is 43.4 Å². The molecule has 24 heavy (non-hydrogen) atoms. The Morgan fingerprint density at radius 1 is 1.08 bits per heavy atom. The van der Waals surface area contributed by atoms with E-state index in [4.69, 9.17) is 0 Å². The van der Waals surface area contributed by atoms with Crippen molar-refractivity contribution < 1.29 is 16.8 Å². The highest BCUT2D eigenvalue weighted by atomic mass is 32.2. The molecule has 0 radical (unpaired) electrons. The summed E-state index contributed by atoms with van der Waals surface area (Å²) in [6.45, 7) is 8.15. The van der Waals surface area contributed by atoms with Crippen LogP contribution in [0.2, 0.25) is 0 Å². The SMILES string of the molecule is Cc1ccc(C)c(S(=O)(=O)NCCN(CCC(C)C)S(C)(=O)=O)c1. The summed E-state index contributed by atoms with van der Waals surface area (Å²) in [6, 6.07) is 5.23. The first-order chi connectivity index (χ1) is 10.9. The molecule has 1 aromatic carbocycles. The molecule has 0 atom stereocenters. The molecule has 0 bridgehead atoms. The van der Waals surface area contributed by atoms with Gasteiger partial charge in [0, 0.05) is 19.6 Å². The maximum atomic E-state index is 12.4. The fourth-order valence-corrected chi connectivity index (χ4v) is 4.43. The lowest BCUT2D eigenvalue weighted by Crippen LogP contribution is -2.39. The Morgan fingerprint density at radius 3 is 2.25 bits per heavy atom. The number of nitrogens with zero attached hydrogens (tertiary/aromatic N) is 1. The van der Waals surface area contributed by atoms with Crippen molar-refractivity contribution in [3.05, 3.63) is 29.3 Å². The molecule has 0 saturated carbocycles. The highest BCUT2D eigenvalue weighted by Crippen LogP contribution is 2.16. The zero-order valence-corrected chi connectivity index (χ0v) is 16.7. The third-order valence-corrected chi connectivity index (χ3v) is 6.62. The molecule has 0 aliphatic rings. The van der Waals surface area contributed by atoms with Gasteiger partial charge in [0.1, 0.15) is 0 Å². The summed E-state index contributed by atoms with van der Waals surface area (Å²) in [4.78, 5) is 0.232. The number of rotatable bonds is 9. The number of aryl methyl sites for hydroxylation is 2. The smallest absolute Gasteiger partial charge is 0.213 e. The molecule has 1 N–H and O–H groups in total. The Kier molecular flexibility index (Phi) is 7.40. The normalized spacial score (nSPS) is 13.0. The van der Waals surface area contributed by atoms with E-state index >= 15 is 0 Å². The van der Waals surface area contributed by atoms with Crippen LogP contribution in [0.15, 0.2) is 23.1 Å². The summed E-state index contributed by atoms with van der Waals surface area (Å²) in [6.07, 6.45) is 1.88. The monoisotopic (exact) mass is 376 g/mol. The predicted molar refractivity (Wildman–Crippen MR) is 97.0 cm³/mol. The highest BCUT2D eigenvalue weighted by molar-refractivity contribution is 7.89. The molecule has 0 aliphatic heterocycles. The zero-order chi connectivity index (χ0) is 18.5. The van der Waals surface area contributed by atoms with Gasteiger partial charge in [-0.3, -0.25) is 0 Å². The van der Waals surface area contributed by atoms with Crippen molar-refractivity contribution in [1.29, 1.82) is 0 Å². The van der Waals surface area contributed by atoms with Gasteiger partial charge in [0.25, 0.3) is 0 Å². The van der Waals surface area contributed by atoms with Crippen molar-refractivity contribution in [3.8, 4) is 0 Å². The second-order valence-corrected chi connectivity index (χ2v) is 10.2. The molecule has 0 saturated heterocycles. The highest BCUT2D eigenvalue weighted by Gasteiger charge is 2.20. The van der Waals surface area contributed by atoms with Crippen LogP contribution < -0.4 is 4.72 Å². The number of benzene rings is 1. The van der Waals surface area contributed by atoms with Crippen LogP contribution in [0.25, 0.3) is 0 Å². The van der Waals surface area contributed by atoms with E-state index in [1.165, 1.54) is 4.31 Å². The Balaban J connectivity index is 2.77. The van der Waals surface area contributed by atoms with E-state index in [2.05, 4.69) is 4.72 Å². The summed E-state index contributed by atoms with van der Waals surface area (Å²) >= 11 is 0. The topological polar surface area (TPSA) is 83.6 Å². The van der Waals surface area contributed by atoms with Crippen LogP contribution in [-0.4, -0.2) is 47.0 Å². The van der Waals surface area contributed by atoms with E-state index in [0.717, 1.165) is 18.2 Å². The number of hydrogen-bond donors (Lipinski definition) is 1. The minimum absolute atomic E-state index is 0.0425. The van der Waals surface area contributed by atoms with Crippen molar-refractivity contribution in [1.82, 2.24) is 9.03 Å². The zero-order valence-electron chi connectivity index (χ0n) is 15.0. The van der Waals surface area contributed by atoms with E-state index in [-0.39, 0.29) is 18.0 Å². The van der Waals surface area contributed by atoms with E-state index in [1.807, 2.05) is 26.8 Å². The van der Waals surface area contributed by atoms with Crippen LogP contribution >= 0.6 is 0 Å². The molecule has 0 aromatic heterocycles. The molecule has 0 heterocycles. The number of nitrogens with one attached hydrogen (secondary N) is 1. The van der Waals surface area contributed by atoms with Gasteiger partial charge in [-0.1, -0.05) is 26.0 Å². The Bertz CT molecular complexity index is 756. The van der Waals surface area contributed by atoms with Crippen LogP contribution in [0, 0.1) is 19.8 Å². The quantitative estimate of drug-likeness (QED) is 0.713. The van der Waals surface area contributed by atoms with E-state index < -0.39 is 20.0 Å². The van der Waals surface area contributed by atoms with E-state index in [9.17, 15) is 16.8 Å². The lowest BCUT2D eigenvalue weighted by atomic mass is 10.1. The third-order valence-electron chi connectivity index (χ3n) is 3.71. The van der Waals surface area contributed by atoms with Gasteiger partial charge >= 0.3 is 0 Å². The molecule has 0 spiro atoms. The van der Waals surface area contributed by atoms with Gasteiger partial charge < -0.3 is 0 Å². The maximum absolute atomic E-state index is 12.4. The lowest BCUT2D eigenvalue weighted by molar-refractivity contribution is 0.385. The summed E-state index contributed by atoms with van der Waals surface area (Å²) in [5.41, 5.74) is 1.52. The van der Waals surface area contributed by atoms with Gasteiger partial charge in [0.2, 0.25) is 20.0 Å². The molecule has 8 heteroatoms. The first-order valence-electron chi connectivity index (χ1n) is 7.95. The fraction of sp³-hybridized carbons (Fsp3) is 0.625. The summed E-state index contributed by atoms with van der Waals surface area (Å²) in [5, 5.41) is 0. The van der Waals surface area contributed by atoms with Gasteiger partial charge in [-0.25, -0.2) is 25.9 Å². The van der Waals surface area contributed by atoms with Crippen LogP contribution in [-0.2, 0) is 20.0 Å². The number of hydrogen-bond acceptors (Lipinski definition) is 4. The predicted octanol–water partition coefficient (Wildman–Crippen LogP) is 1.89. The number of sulfonamides is 2. The van der Waals surface area contributed by atoms with Crippen molar-refractivity contribution in [2.75, 3.05) is 25.9 Å². The minimum Gasteiger partial charge on any atom is -0.213 e. The molecule has 6 nitrogen and oxygen atoms in total. The lowest BCUT2D eigenvalue weighted by Gasteiger charge is -2.21. The van der Waals surface area contributed by atoms with Crippen molar-refractivity contribution in [3.63, 3.8) is 0 Å². The van der Waals surface area contributed by atoms with Crippen LogP contribution in [0.4, 0.5) is 0 Å². The van der Waals surface area contributed by atoms with Crippen LogP contribution in [0.5, 0.6) is 0 Å². The maximum Gasteiger partial charge on any atom is 0.240 e. The fourth-order valence-electron chi connectivity index (χ4n) is 2.22. The third kappa shape index (κ3) is 6.51. The van der Waals surface area contributed by atoms with E-state index in [1.54, 1.807) is 19.1 Å². The van der Waals surface area contributed by atoms with Crippen LogP contribution in [0.3, 0.4) is 0 Å². The molecule has 1 aromatic rings.